The SMILES string of the molecule is O=C(O)OC1CSSC1. The summed E-state index contributed by atoms with van der Waals surface area (Å²) >= 11 is 0. The summed E-state index contributed by atoms with van der Waals surface area (Å²) in [6.45, 7) is 0. The molecule has 1 aliphatic heterocycles. The minimum Gasteiger partial charge on any atom is -0.450 e. The lowest BCUT2D eigenvalue weighted by Gasteiger charge is -2.03. The van der Waals surface area contributed by atoms with E-state index in [0.717, 1.165) is 11.5 Å². The second-order valence-electron chi connectivity index (χ2n) is 1.57. The molecule has 0 spiro atoms. The van der Waals surface area contributed by atoms with Crippen LogP contribution in [0.1, 0.15) is 0 Å². The Balaban J connectivity index is 2.19. The van der Waals surface area contributed by atoms with Crippen LogP contribution < -0.4 is 0 Å². The molecule has 0 unspecified atom stereocenters. The van der Waals surface area contributed by atoms with E-state index in [2.05, 4.69) is 4.74 Å². The van der Waals surface area contributed by atoms with Crippen molar-refractivity contribution in [3.05, 3.63) is 0 Å². The molecule has 0 saturated carbocycles. The lowest BCUT2D eigenvalue weighted by atomic mass is 10.5. The van der Waals surface area contributed by atoms with Gasteiger partial charge < -0.3 is 9.84 Å². The summed E-state index contributed by atoms with van der Waals surface area (Å²) in [5.41, 5.74) is 0. The van der Waals surface area contributed by atoms with Crippen molar-refractivity contribution < 1.29 is 14.6 Å². The molecule has 0 aromatic rings. The van der Waals surface area contributed by atoms with Crippen molar-refractivity contribution in [1.82, 2.24) is 0 Å². The summed E-state index contributed by atoms with van der Waals surface area (Å²) in [4.78, 5) is 9.91. The Morgan fingerprint density at radius 1 is 1.56 bits per heavy atom. The van der Waals surface area contributed by atoms with Crippen molar-refractivity contribution >= 4 is 27.7 Å². The molecule has 0 aromatic heterocycles. The number of hydrogen-bond donors (Lipinski definition) is 1. The van der Waals surface area contributed by atoms with Gasteiger partial charge in [-0.05, 0) is 0 Å². The first kappa shape index (κ1) is 7.08. The zero-order valence-electron chi connectivity index (χ0n) is 4.57. The van der Waals surface area contributed by atoms with E-state index in [0.29, 0.717) is 0 Å². The van der Waals surface area contributed by atoms with Crippen molar-refractivity contribution in [3.8, 4) is 0 Å². The van der Waals surface area contributed by atoms with E-state index in [4.69, 9.17) is 5.11 Å². The van der Waals surface area contributed by atoms with E-state index in [1.807, 2.05) is 0 Å². The van der Waals surface area contributed by atoms with E-state index in [1.54, 1.807) is 21.6 Å². The third kappa shape index (κ3) is 2.36. The molecule has 1 rings (SSSR count). The normalized spacial score (nSPS) is 20.0. The van der Waals surface area contributed by atoms with Crippen LogP contribution in [0.4, 0.5) is 4.79 Å². The van der Waals surface area contributed by atoms with Gasteiger partial charge in [0.25, 0.3) is 0 Å². The highest BCUT2D eigenvalue weighted by molar-refractivity contribution is 8.77. The average Bonchev–Trinajstić information content (AvgIpc) is 2.15. The Hall–Kier alpha value is -0.0300. The number of carboxylic acid groups (broad SMARTS) is 1. The molecule has 1 N–H and O–H groups in total. The molecule has 1 aliphatic rings. The predicted molar refractivity (Wildman–Crippen MR) is 37.8 cm³/mol. The topological polar surface area (TPSA) is 46.5 Å². The maximum atomic E-state index is 9.91. The molecule has 1 fully saturated rings. The van der Waals surface area contributed by atoms with E-state index in [9.17, 15) is 4.79 Å². The van der Waals surface area contributed by atoms with Gasteiger partial charge in [0, 0.05) is 11.5 Å². The van der Waals surface area contributed by atoms with Crippen LogP contribution in [-0.2, 0) is 4.74 Å². The molecular weight excluding hydrogens is 160 g/mol. The van der Waals surface area contributed by atoms with Crippen LogP contribution in [0.5, 0.6) is 0 Å². The standard InChI is InChI=1S/C4H6O3S2/c5-4(6)7-3-1-8-9-2-3/h3H,1-2H2,(H,5,6). The first-order chi connectivity index (χ1) is 4.29. The molecule has 0 aliphatic carbocycles. The maximum Gasteiger partial charge on any atom is 0.506 e. The van der Waals surface area contributed by atoms with E-state index >= 15 is 0 Å². The molecule has 1 heterocycles. The van der Waals surface area contributed by atoms with E-state index in [-0.39, 0.29) is 6.10 Å². The number of ether oxygens (including phenoxy) is 1. The van der Waals surface area contributed by atoms with Gasteiger partial charge in [-0.2, -0.15) is 0 Å². The Morgan fingerprint density at radius 2 is 2.11 bits per heavy atom. The van der Waals surface area contributed by atoms with Gasteiger partial charge in [0.2, 0.25) is 0 Å². The maximum absolute atomic E-state index is 9.91. The van der Waals surface area contributed by atoms with Gasteiger partial charge in [-0.1, -0.05) is 21.6 Å². The van der Waals surface area contributed by atoms with Crippen molar-refractivity contribution in [3.63, 3.8) is 0 Å². The minimum absolute atomic E-state index is 0.0856. The summed E-state index contributed by atoms with van der Waals surface area (Å²) in [6.07, 6.45) is -1.25. The zero-order chi connectivity index (χ0) is 6.69. The van der Waals surface area contributed by atoms with Gasteiger partial charge in [-0.15, -0.1) is 0 Å². The molecule has 5 heteroatoms. The third-order valence-corrected chi connectivity index (χ3v) is 3.36. The lowest BCUT2D eigenvalue weighted by molar-refractivity contribution is 0.0698. The van der Waals surface area contributed by atoms with E-state index < -0.39 is 6.16 Å². The quantitative estimate of drug-likeness (QED) is 0.472. The highest BCUT2D eigenvalue weighted by Gasteiger charge is 2.19. The van der Waals surface area contributed by atoms with Crippen molar-refractivity contribution in [2.45, 2.75) is 6.10 Å². The van der Waals surface area contributed by atoms with Crippen molar-refractivity contribution in [2.24, 2.45) is 0 Å². The summed E-state index contributed by atoms with van der Waals surface area (Å²) in [5.74, 6) is 1.58. The fourth-order valence-corrected chi connectivity index (χ4v) is 3.01. The first-order valence-corrected chi connectivity index (χ1v) is 4.92. The Kier molecular flexibility index (Phi) is 2.53. The van der Waals surface area contributed by atoms with E-state index in [1.165, 1.54) is 0 Å². The smallest absolute Gasteiger partial charge is 0.450 e. The van der Waals surface area contributed by atoms with Gasteiger partial charge in [0.05, 0.1) is 0 Å². The van der Waals surface area contributed by atoms with Gasteiger partial charge >= 0.3 is 6.16 Å². The Labute approximate surface area is 60.5 Å². The Bertz CT molecular complexity index is 110. The monoisotopic (exact) mass is 166 g/mol. The summed E-state index contributed by atoms with van der Waals surface area (Å²) in [7, 11) is 3.30. The lowest BCUT2D eigenvalue weighted by Crippen LogP contribution is -2.17. The number of rotatable bonds is 1. The van der Waals surface area contributed by atoms with Crippen molar-refractivity contribution in [2.75, 3.05) is 11.5 Å². The van der Waals surface area contributed by atoms with Crippen LogP contribution in [0, 0.1) is 0 Å². The Morgan fingerprint density at radius 3 is 2.56 bits per heavy atom. The highest BCUT2D eigenvalue weighted by atomic mass is 33.1. The average molecular weight is 166 g/mol. The third-order valence-electron chi connectivity index (χ3n) is 0.859. The largest absolute Gasteiger partial charge is 0.506 e. The van der Waals surface area contributed by atoms with Crippen LogP contribution in [0.2, 0.25) is 0 Å². The second kappa shape index (κ2) is 3.22. The molecule has 0 bridgehead atoms. The zero-order valence-corrected chi connectivity index (χ0v) is 6.20. The summed E-state index contributed by atoms with van der Waals surface area (Å²) < 4.78 is 4.49. The van der Waals surface area contributed by atoms with Gasteiger partial charge in [0.1, 0.15) is 6.10 Å². The molecular formula is C4H6O3S2. The van der Waals surface area contributed by atoms with Crippen LogP contribution >= 0.6 is 21.6 Å². The highest BCUT2D eigenvalue weighted by Crippen LogP contribution is 2.32. The fourth-order valence-electron chi connectivity index (χ4n) is 0.507. The van der Waals surface area contributed by atoms with Crippen LogP contribution in [0.25, 0.3) is 0 Å². The summed E-state index contributed by atoms with van der Waals surface area (Å²) in [5, 5.41) is 8.13. The number of carbonyl (C=O) groups is 1. The van der Waals surface area contributed by atoms with Crippen molar-refractivity contribution in [1.29, 1.82) is 0 Å². The molecule has 0 aromatic carbocycles. The number of hydrogen-bond acceptors (Lipinski definition) is 4. The molecule has 3 nitrogen and oxygen atoms in total. The molecule has 1 saturated heterocycles. The molecule has 0 radical (unpaired) electrons. The first-order valence-electron chi connectivity index (χ1n) is 2.43. The molecule has 0 atom stereocenters. The predicted octanol–water partition coefficient (Wildman–Crippen LogP) is 1.44. The molecule has 52 valence electrons. The second-order valence-corrected chi connectivity index (χ2v) is 4.13. The minimum atomic E-state index is -1.16. The van der Waals surface area contributed by atoms with Crippen LogP contribution in [0.3, 0.4) is 0 Å². The summed E-state index contributed by atoms with van der Waals surface area (Å²) in [6, 6.07) is 0. The fraction of sp³-hybridized carbons (Fsp3) is 0.750. The van der Waals surface area contributed by atoms with Gasteiger partial charge in [-0.25, -0.2) is 4.79 Å². The van der Waals surface area contributed by atoms with Crippen LogP contribution in [-0.4, -0.2) is 28.9 Å². The van der Waals surface area contributed by atoms with Crippen LogP contribution in [0.15, 0.2) is 0 Å². The molecule has 0 amide bonds. The van der Waals surface area contributed by atoms with Gasteiger partial charge in [0.15, 0.2) is 0 Å². The molecule has 9 heavy (non-hydrogen) atoms. The van der Waals surface area contributed by atoms with Gasteiger partial charge in [-0.3, -0.25) is 0 Å².